The average molecular weight is 385 g/mol. The van der Waals surface area contributed by atoms with Crippen LogP contribution in [0.25, 0.3) is 0 Å². The van der Waals surface area contributed by atoms with Crippen LogP contribution in [-0.4, -0.2) is 38.1 Å². The average Bonchev–Trinajstić information content (AvgIpc) is 2.66. The second kappa shape index (κ2) is 8.43. The number of nitriles is 1. The van der Waals surface area contributed by atoms with E-state index in [1.165, 1.54) is 0 Å². The van der Waals surface area contributed by atoms with Crippen molar-refractivity contribution < 1.29 is 14.3 Å². The Morgan fingerprint density at radius 1 is 1.33 bits per heavy atom. The van der Waals surface area contributed by atoms with Crippen LogP contribution in [0, 0.1) is 11.3 Å². The predicted molar refractivity (Wildman–Crippen MR) is 102 cm³/mol. The first-order chi connectivity index (χ1) is 13.1. The summed E-state index contributed by atoms with van der Waals surface area (Å²) in [5.41, 5.74) is 1.62. The van der Waals surface area contributed by atoms with Crippen molar-refractivity contribution in [2.24, 2.45) is 0 Å². The quantitative estimate of drug-likeness (QED) is 0.823. The topological polar surface area (TPSA) is 94.5 Å². The number of amides is 2. The van der Waals surface area contributed by atoms with E-state index in [4.69, 9.17) is 21.6 Å². The summed E-state index contributed by atoms with van der Waals surface area (Å²) in [6.07, 6.45) is 0. The summed E-state index contributed by atoms with van der Waals surface area (Å²) < 4.78 is 5.40. The molecule has 1 fully saturated rings. The summed E-state index contributed by atoms with van der Waals surface area (Å²) in [5, 5.41) is 14.9. The molecule has 3 rings (SSSR count). The molecule has 1 heterocycles. The molecule has 27 heavy (non-hydrogen) atoms. The number of carbonyl (C=O) groups is 2. The molecular weight excluding hydrogens is 368 g/mol. The Balaban J connectivity index is 1.60. The van der Waals surface area contributed by atoms with Crippen molar-refractivity contribution in [2.45, 2.75) is 0 Å². The smallest absolute Gasteiger partial charge is 0.262 e. The van der Waals surface area contributed by atoms with Gasteiger partial charge >= 0.3 is 0 Å². The number of para-hydroxylation sites is 1. The number of piperazine rings is 1. The molecule has 138 valence electrons. The fourth-order valence-electron chi connectivity index (χ4n) is 2.71. The number of hydrogen-bond donors (Lipinski definition) is 2. The van der Waals surface area contributed by atoms with Crippen LogP contribution in [0.15, 0.2) is 42.5 Å². The first-order valence-electron chi connectivity index (χ1n) is 8.30. The molecule has 2 N–H and O–H groups in total. The highest BCUT2D eigenvalue weighted by atomic mass is 35.5. The summed E-state index contributed by atoms with van der Waals surface area (Å²) in [6, 6.07) is 13.8. The van der Waals surface area contributed by atoms with Crippen LogP contribution in [0.1, 0.15) is 5.56 Å². The molecular formula is C19H17ClN4O3. The Labute approximate surface area is 161 Å². The maximum atomic E-state index is 12.1. The molecule has 0 bridgehead atoms. The van der Waals surface area contributed by atoms with Crippen LogP contribution in [0.4, 0.5) is 11.4 Å². The highest BCUT2D eigenvalue weighted by molar-refractivity contribution is 6.33. The summed E-state index contributed by atoms with van der Waals surface area (Å²) >= 11 is 6.31. The third-order valence-electron chi connectivity index (χ3n) is 3.98. The number of benzene rings is 2. The van der Waals surface area contributed by atoms with E-state index in [2.05, 4.69) is 10.6 Å². The molecule has 0 aliphatic carbocycles. The van der Waals surface area contributed by atoms with E-state index in [1.54, 1.807) is 42.5 Å². The van der Waals surface area contributed by atoms with Gasteiger partial charge in [0.2, 0.25) is 5.91 Å². The van der Waals surface area contributed by atoms with Crippen LogP contribution in [0.2, 0.25) is 5.02 Å². The largest absolute Gasteiger partial charge is 0.482 e. The zero-order chi connectivity index (χ0) is 19.2. The highest BCUT2D eigenvalue weighted by Gasteiger charge is 2.19. The Bertz CT molecular complexity index is 910. The molecule has 0 aromatic heterocycles. The number of nitrogens with zero attached hydrogens (tertiary/aromatic N) is 2. The van der Waals surface area contributed by atoms with E-state index >= 15 is 0 Å². The summed E-state index contributed by atoms with van der Waals surface area (Å²) in [7, 11) is 0. The van der Waals surface area contributed by atoms with Gasteiger partial charge in [0.05, 0.1) is 22.8 Å². The minimum absolute atomic E-state index is 0.0514. The van der Waals surface area contributed by atoms with Gasteiger partial charge in [0, 0.05) is 18.8 Å². The van der Waals surface area contributed by atoms with Crippen LogP contribution in [0.3, 0.4) is 0 Å². The fourth-order valence-corrected chi connectivity index (χ4v) is 3.01. The van der Waals surface area contributed by atoms with Crippen LogP contribution < -0.4 is 20.3 Å². The molecule has 2 aromatic rings. The van der Waals surface area contributed by atoms with Gasteiger partial charge in [0.25, 0.3) is 5.91 Å². The van der Waals surface area contributed by atoms with Gasteiger partial charge in [-0.2, -0.15) is 5.26 Å². The molecule has 0 unspecified atom stereocenters. The number of carbonyl (C=O) groups excluding carboxylic acids is 2. The summed E-state index contributed by atoms with van der Waals surface area (Å²) in [6.45, 7) is 1.25. The SMILES string of the molecule is N#Cc1ccccc1OCC(=O)Nc1ccc(N2CCNC(=O)C2)c(Cl)c1. The van der Waals surface area contributed by atoms with Gasteiger partial charge in [-0.15, -0.1) is 0 Å². The minimum Gasteiger partial charge on any atom is -0.482 e. The first kappa shape index (κ1) is 18.5. The van der Waals surface area contributed by atoms with Gasteiger partial charge in [0.1, 0.15) is 11.8 Å². The molecule has 0 saturated carbocycles. The summed E-state index contributed by atoms with van der Waals surface area (Å²) in [5.74, 6) is -0.0692. The number of ether oxygens (including phenoxy) is 1. The second-order valence-corrected chi connectivity index (χ2v) is 6.29. The number of rotatable bonds is 5. The minimum atomic E-state index is -0.371. The lowest BCUT2D eigenvalue weighted by atomic mass is 10.2. The molecule has 0 radical (unpaired) electrons. The van der Waals surface area contributed by atoms with Crippen molar-refractivity contribution in [3.8, 4) is 11.8 Å². The van der Waals surface area contributed by atoms with Crippen molar-refractivity contribution in [1.82, 2.24) is 5.32 Å². The maximum absolute atomic E-state index is 12.1. The predicted octanol–water partition coefficient (Wildman–Crippen LogP) is 2.17. The van der Waals surface area contributed by atoms with Crippen molar-refractivity contribution in [1.29, 1.82) is 5.26 Å². The molecule has 1 saturated heterocycles. The van der Waals surface area contributed by atoms with Gasteiger partial charge < -0.3 is 20.3 Å². The van der Waals surface area contributed by atoms with E-state index in [-0.39, 0.29) is 25.0 Å². The van der Waals surface area contributed by atoms with Crippen molar-refractivity contribution in [3.05, 3.63) is 53.1 Å². The number of halogens is 1. The monoisotopic (exact) mass is 384 g/mol. The normalized spacial score (nSPS) is 13.5. The van der Waals surface area contributed by atoms with E-state index in [1.807, 2.05) is 11.0 Å². The standard InChI is InChI=1S/C19H17ClN4O3/c20-15-9-14(5-6-16(15)24-8-7-22-18(25)11-24)23-19(26)12-27-17-4-2-1-3-13(17)10-21/h1-6,9H,7-8,11-12H2,(H,22,25)(H,23,26). The zero-order valence-electron chi connectivity index (χ0n) is 14.4. The van der Waals surface area contributed by atoms with E-state index in [0.717, 1.165) is 5.69 Å². The second-order valence-electron chi connectivity index (χ2n) is 5.88. The van der Waals surface area contributed by atoms with Crippen molar-refractivity contribution >= 4 is 34.8 Å². The zero-order valence-corrected chi connectivity index (χ0v) is 15.1. The molecule has 7 nitrogen and oxygen atoms in total. The van der Waals surface area contributed by atoms with Gasteiger partial charge in [0.15, 0.2) is 6.61 Å². The first-order valence-corrected chi connectivity index (χ1v) is 8.67. The third kappa shape index (κ3) is 4.68. The Kier molecular flexibility index (Phi) is 5.79. The molecule has 2 amide bonds. The molecule has 1 aliphatic heterocycles. The van der Waals surface area contributed by atoms with E-state index < -0.39 is 0 Å². The molecule has 2 aromatic carbocycles. The molecule has 0 atom stereocenters. The lowest BCUT2D eigenvalue weighted by Gasteiger charge is -2.29. The van der Waals surface area contributed by atoms with Crippen molar-refractivity contribution in [3.63, 3.8) is 0 Å². The lowest BCUT2D eigenvalue weighted by molar-refractivity contribution is -0.120. The van der Waals surface area contributed by atoms with E-state index in [0.29, 0.717) is 35.1 Å². The van der Waals surface area contributed by atoms with Crippen LogP contribution in [0.5, 0.6) is 5.75 Å². The van der Waals surface area contributed by atoms with Gasteiger partial charge in [-0.05, 0) is 30.3 Å². The van der Waals surface area contributed by atoms with Gasteiger partial charge in [-0.3, -0.25) is 9.59 Å². The molecule has 1 aliphatic rings. The Morgan fingerprint density at radius 3 is 2.89 bits per heavy atom. The van der Waals surface area contributed by atoms with Crippen LogP contribution >= 0.6 is 11.6 Å². The molecule has 0 spiro atoms. The maximum Gasteiger partial charge on any atom is 0.262 e. The van der Waals surface area contributed by atoms with Crippen molar-refractivity contribution in [2.75, 3.05) is 36.5 Å². The number of nitrogens with one attached hydrogen (secondary N) is 2. The number of anilines is 2. The Hall–Kier alpha value is -3.24. The fraction of sp³-hybridized carbons (Fsp3) is 0.211. The highest BCUT2D eigenvalue weighted by Crippen LogP contribution is 2.29. The summed E-state index contributed by atoms with van der Waals surface area (Å²) in [4.78, 5) is 25.5. The van der Waals surface area contributed by atoms with Crippen LogP contribution in [-0.2, 0) is 9.59 Å². The van der Waals surface area contributed by atoms with Gasteiger partial charge in [-0.25, -0.2) is 0 Å². The number of hydrogen-bond acceptors (Lipinski definition) is 5. The third-order valence-corrected chi connectivity index (χ3v) is 4.28. The Morgan fingerprint density at radius 2 is 2.15 bits per heavy atom. The van der Waals surface area contributed by atoms with E-state index in [9.17, 15) is 9.59 Å². The lowest BCUT2D eigenvalue weighted by Crippen LogP contribution is -2.47. The molecule has 8 heteroatoms. The van der Waals surface area contributed by atoms with Gasteiger partial charge in [-0.1, -0.05) is 23.7 Å².